The minimum Gasteiger partial charge on any atom is -0.378 e. The Labute approximate surface area is 113 Å². The van der Waals surface area contributed by atoms with Gasteiger partial charge in [0.2, 0.25) is 5.91 Å². The van der Waals surface area contributed by atoms with Gasteiger partial charge in [0.05, 0.1) is 19.8 Å². The summed E-state index contributed by atoms with van der Waals surface area (Å²) >= 11 is 0. The Hall–Kier alpha value is -1.30. The lowest BCUT2D eigenvalue weighted by Gasteiger charge is -2.27. The van der Waals surface area contributed by atoms with E-state index in [1.54, 1.807) is 4.90 Å². The second kappa shape index (κ2) is 7.33. The number of nitrogens with one attached hydrogen (secondary N) is 2. The van der Waals surface area contributed by atoms with Gasteiger partial charge in [-0.25, -0.2) is 4.79 Å². The van der Waals surface area contributed by atoms with Gasteiger partial charge in [-0.1, -0.05) is 19.3 Å². The quantitative estimate of drug-likeness (QED) is 0.783. The van der Waals surface area contributed by atoms with Crippen molar-refractivity contribution in [1.29, 1.82) is 0 Å². The minimum absolute atomic E-state index is 0.0622. The zero-order chi connectivity index (χ0) is 13.5. The van der Waals surface area contributed by atoms with Gasteiger partial charge >= 0.3 is 6.03 Å². The number of carbonyl (C=O) groups is 2. The van der Waals surface area contributed by atoms with Crippen molar-refractivity contribution in [1.82, 2.24) is 15.5 Å². The van der Waals surface area contributed by atoms with E-state index >= 15 is 0 Å². The number of nitrogens with zero attached hydrogens (tertiary/aromatic N) is 1. The van der Waals surface area contributed by atoms with Crippen molar-refractivity contribution >= 4 is 11.9 Å². The highest BCUT2D eigenvalue weighted by Gasteiger charge is 2.19. The van der Waals surface area contributed by atoms with Crippen molar-refractivity contribution in [2.75, 3.05) is 32.8 Å². The summed E-state index contributed by atoms with van der Waals surface area (Å²) in [4.78, 5) is 25.2. The molecule has 0 atom stereocenters. The number of hydrogen-bond donors (Lipinski definition) is 2. The topological polar surface area (TPSA) is 70.7 Å². The highest BCUT2D eigenvalue weighted by atomic mass is 16.5. The van der Waals surface area contributed by atoms with E-state index in [4.69, 9.17) is 4.74 Å². The highest BCUT2D eigenvalue weighted by Crippen LogP contribution is 2.17. The molecule has 3 amide bonds. The summed E-state index contributed by atoms with van der Waals surface area (Å²) in [6.45, 7) is 2.39. The first-order valence-electron chi connectivity index (χ1n) is 7.15. The van der Waals surface area contributed by atoms with Crippen LogP contribution in [0.1, 0.15) is 32.1 Å². The van der Waals surface area contributed by atoms with Crippen molar-refractivity contribution in [3.63, 3.8) is 0 Å². The summed E-state index contributed by atoms with van der Waals surface area (Å²) < 4.78 is 5.18. The Morgan fingerprint density at radius 3 is 2.47 bits per heavy atom. The number of hydrogen-bond acceptors (Lipinski definition) is 3. The van der Waals surface area contributed by atoms with E-state index in [2.05, 4.69) is 10.6 Å². The van der Waals surface area contributed by atoms with E-state index in [1.807, 2.05) is 0 Å². The Bertz CT molecular complexity index is 310. The summed E-state index contributed by atoms with van der Waals surface area (Å²) in [5.41, 5.74) is 0. The van der Waals surface area contributed by atoms with E-state index in [9.17, 15) is 9.59 Å². The molecule has 1 saturated carbocycles. The summed E-state index contributed by atoms with van der Waals surface area (Å²) in [7, 11) is 0. The highest BCUT2D eigenvalue weighted by molar-refractivity contribution is 5.84. The van der Waals surface area contributed by atoms with Crippen molar-refractivity contribution in [3.05, 3.63) is 0 Å². The molecule has 0 radical (unpaired) electrons. The SMILES string of the molecule is O=C(CNC(=O)N1CCOCC1)NC1CCCCC1. The molecule has 2 rings (SSSR count). The van der Waals surface area contributed by atoms with E-state index in [0.29, 0.717) is 32.3 Å². The molecule has 1 saturated heterocycles. The largest absolute Gasteiger partial charge is 0.378 e. The van der Waals surface area contributed by atoms with Crippen LogP contribution >= 0.6 is 0 Å². The fourth-order valence-corrected chi connectivity index (χ4v) is 2.56. The third-order valence-corrected chi connectivity index (χ3v) is 3.67. The zero-order valence-electron chi connectivity index (χ0n) is 11.3. The molecule has 0 aromatic carbocycles. The second-order valence-electron chi connectivity index (χ2n) is 5.16. The molecule has 108 valence electrons. The van der Waals surface area contributed by atoms with Gasteiger partial charge < -0.3 is 20.3 Å². The molecule has 6 nitrogen and oxygen atoms in total. The first-order chi connectivity index (χ1) is 9.25. The number of ether oxygens (including phenoxy) is 1. The van der Waals surface area contributed by atoms with E-state index in [-0.39, 0.29) is 18.5 Å². The molecule has 1 aliphatic carbocycles. The second-order valence-corrected chi connectivity index (χ2v) is 5.16. The predicted molar refractivity (Wildman–Crippen MR) is 70.8 cm³/mol. The van der Waals surface area contributed by atoms with Crippen molar-refractivity contribution in [2.24, 2.45) is 0 Å². The summed E-state index contributed by atoms with van der Waals surface area (Å²) in [5.74, 6) is -0.0893. The average Bonchev–Trinajstić information content (AvgIpc) is 2.47. The van der Waals surface area contributed by atoms with Gasteiger partial charge in [0.25, 0.3) is 0 Å². The van der Waals surface area contributed by atoms with Gasteiger partial charge in [0.1, 0.15) is 0 Å². The smallest absolute Gasteiger partial charge is 0.317 e. The van der Waals surface area contributed by atoms with Crippen LogP contribution < -0.4 is 10.6 Å². The maximum Gasteiger partial charge on any atom is 0.317 e. The number of carbonyl (C=O) groups excluding carboxylic acids is 2. The normalized spacial score (nSPS) is 20.9. The predicted octanol–water partition coefficient (Wildman–Crippen LogP) is 0.477. The zero-order valence-corrected chi connectivity index (χ0v) is 11.3. The standard InChI is InChI=1S/C13H23N3O3/c17-12(15-11-4-2-1-3-5-11)10-14-13(18)16-6-8-19-9-7-16/h11H,1-10H2,(H,14,18)(H,15,17). The molecule has 0 aromatic rings. The van der Waals surface area contributed by atoms with Crippen LogP contribution in [-0.4, -0.2) is 55.7 Å². The van der Waals surface area contributed by atoms with Crippen LogP contribution in [-0.2, 0) is 9.53 Å². The lowest BCUT2D eigenvalue weighted by atomic mass is 9.95. The van der Waals surface area contributed by atoms with E-state index < -0.39 is 0 Å². The van der Waals surface area contributed by atoms with Crippen molar-refractivity contribution < 1.29 is 14.3 Å². The number of urea groups is 1. The van der Waals surface area contributed by atoms with E-state index in [0.717, 1.165) is 12.8 Å². The molecule has 6 heteroatoms. The molecule has 0 spiro atoms. The van der Waals surface area contributed by atoms with Crippen molar-refractivity contribution in [2.45, 2.75) is 38.1 Å². The molecule has 0 aromatic heterocycles. The van der Waals surface area contributed by atoms with Gasteiger partial charge in [0.15, 0.2) is 0 Å². The van der Waals surface area contributed by atoms with Crippen LogP contribution in [0.5, 0.6) is 0 Å². The van der Waals surface area contributed by atoms with Gasteiger partial charge in [-0.15, -0.1) is 0 Å². The Kier molecular flexibility index (Phi) is 5.44. The monoisotopic (exact) mass is 269 g/mol. The molecule has 0 unspecified atom stereocenters. The molecular weight excluding hydrogens is 246 g/mol. The molecule has 19 heavy (non-hydrogen) atoms. The molecule has 2 aliphatic rings. The first-order valence-corrected chi connectivity index (χ1v) is 7.15. The van der Waals surface area contributed by atoms with Gasteiger partial charge in [-0.05, 0) is 12.8 Å². The fraction of sp³-hybridized carbons (Fsp3) is 0.846. The summed E-state index contributed by atoms with van der Waals surface area (Å²) in [5, 5.41) is 5.64. The first kappa shape index (κ1) is 14.1. The number of rotatable bonds is 3. The van der Waals surface area contributed by atoms with Crippen LogP contribution in [0.25, 0.3) is 0 Å². The van der Waals surface area contributed by atoms with Gasteiger partial charge in [-0.2, -0.15) is 0 Å². The van der Waals surface area contributed by atoms with Crippen LogP contribution in [0.4, 0.5) is 4.79 Å². The third-order valence-electron chi connectivity index (χ3n) is 3.67. The average molecular weight is 269 g/mol. The third kappa shape index (κ3) is 4.70. The van der Waals surface area contributed by atoms with Gasteiger partial charge in [0, 0.05) is 19.1 Å². The van der Waals surface area contributed by atoms with Gasteiger partial charge in [-0.3, -0.25) is 4.79 Å². The van der Waals surface area contributed by atoms with Crippen LogP contribution in [0.15, 0.2) is 0 Å². The Morgan fingerprint density at radius 2 is 1.79 bits per heavy atom. The van der Waals surface area contributed by atoms with Crippen LogP contribution in [0.2, 0.25) is 0 Å². The molecular formula is C13H23N3O3. The van der Waals surface area contributed by atoms with Crippen LogP contribution in [0, 0.1) is 0 Å². The molecule has 2 N–H and O–H groups in total. The van der Waals surface area contributed by atoms with Crippen molar-refractivity contribution in [3.8, 4) is 0 Å². The maximum atomic E-state index is 11.8. The summed E-state index contributed by atoms with van der Waals surface area (Å²) in [6.07, 6.45) is 5.75. The van der Waals surface area contributed by atoms with Crippen LogP contribution in [0.3, 0.4) is 0 Å². The molecule has 0 bridgehead atoms. The number of amides is 3. The minimum atomic E-state index is -0.179. The Balaban J connectivity index is 1.63. The molecule has 1 heterocycles. The lowest BCUT2D eigenvalue weighted by molar-refractivity contribution is -0.121. The lowest BCUT2D eigenvalue weighted by Crippen LogP contribution is -2.49. The molecule has 1 aliphatic heterocycles. The molecule has 2 fully saturated rings. The Morgan fingerprint density at radius 1 is 1.11 bits per heavy atom. The fourth-order valence-electron chi connectivity index (χ4n) is 2.56. The van der Waals surface area contributed by atoms with E-state index in [1.165, 1.54) is 19.3 Å². The number of morpholine rings is 1. The summed E-state index contributed by atoms with van der Waals surface area (Å²) in [6, 6.07) is 0.114. The maximum absolute atomic E-state index is 11.8.